The standard InChI is InChI=1S/C21H22N8O/c1-14-3-4-19-25-18(13-29(19)10-14)20(30)24-16-6-8-28(12-16)21-22-7-5-17(26-21)15-9-23-27(2)11-15/h3-5,7,9-11,13,16H,6,8,12H2,1-2H3,(H,24,30). The summed E-state index contributed by atoms with van der Waals surface area (Å²) in [7, 11) is 1.88. The average molecular weight is 402 g/mol. The lowest BCUT2D eigenvalue weighted by molar-refractivity contribution is 0.0936. The Balaban J connectivity index is 1.27. The lowest BCUT2D eigenvalue weighted by Crippen LogP contribution is -2.37. The van der Waals surface area contributed by atoms with Crippen LogP contribution in [0.5, 0.6) is 0 Å². The summed E-state index contributed by atoms with van der Waals surface area (Å²) in [5.41, 5.74) is 4.09. The van der Waals surface area contributed by atoms with Crippen molar-refractivity contribution in [3.8, 4) is 11.3 Å². The second-order valence-electron chi connectivity index (χ2n) is 7.65. The van der Waals surface area contributed by atoms with Crippen LogP contribution in [0.25, 0.3) is 16.9 Å². The fourth-order valence-corrected chi connectivity index (χ4v) is 3.75. The number of aryl methyl sites for hydroxylation is 2. The first-order valence-electron chi connectivity index (χ1n) is 9.88. The van der Waals surface area contributed by atoms with E-state index in [-0.39, 0.29) is 11.9 Å². The highest BCUT2D eigenvalue weighted by molar-refractivity contribution is 5.93. The van der Waals surface area contributed by atoms with E-state index in [9.17, 15) is 4.79 Å². The van der Waals surface area contributed by atoms with Crippen molar-refractivity contribution in [3.63, 3.8) is 0 Å². The van der Waals surface area contributed by atoms with E-state index in [0.29, 0.717) is 18.2 Å². The smallest absolute Gasteiger partial charge is 0.271 e. The van der Waals surface area contributed by atoms with E-state index < -0.39 is 0 Å². The molecule has 1 fully saturated rings. The molecule has 5 heterocycles. The van der Waals surface area contributed by atoms with Gasteiger partial charge in [0.05, 0.1) is 11.9 Å². The topological polar surface area (TPSA) is 93.2 Å². The summed E-state index contributed by atoms with van der Waals surface area (Å²) in [5.74, 6) is 0.504. The predicted octanol–water partition coefficient (Wildman–Crippen LogP) is 1.84. The third kappa shape index (κ3) is 3.49. The number of imidazole rings is 1. The minimum atomic E-state index is -0.159. The van der Waals surface area contributed by atoms with Crippen molar-refractivity contribution in [3.05, 3.63) is 60.4 Å². The highest BCUT2D eigenvalue weighted by Gasteiger charge is 2.27. The molecule has 30 heavy (non-hydrogen) atoms. The van der Waals surface area contributed by atoms with Crippen LogP contribution < -0.4 is 10.2 Å². The van der Waals surface area contributed by atoms with E-state index in [4.69, 9.17) is 0 Å². The van der Waals surface area contributed by atoms with Crippen LogP contribution in [0.3, 0.4) is 0 Å². The molecule has 0 spiro atoms. The number of fused-ring (bicyclic) bond motifs is 1. The highest BCUT2D eigenvalue weighted by Crippen LogP contribution is 2.21. The molecule has 1 N–H and O–H groups in total. The molecule has 1 atom stereocenters. The molecule has 1 saturated heterocycles. The predicted molar refractivity (Wildman–Crippen MR) is 112 cm³/mol. The van der Waals surface area contributed by atoms with Crippen molar-refractivity contribution >= 4 is 17.5 Å². The van der Waals surface area contributed by atoms with E-state index in [2.05, 4.69) is 30.3 Å². The Labute approximate surface area is 173 Å². The normalized spacial score (nSPS) is 16.3. The molecule has 1 aliphatic heterocycles. The second-order valence-corrected chi connectivity index (χ2v) is 7.65. The molecular weight excluding hydrogens is 380 g/mol. The summed E-state index contributed by atoms with van der Waals surface area (Å²) < 4.78 is 3.63. The van der Waals surface area contributed by atoms with Gasteiger partial charge in [0.15, 0.2) is 0 Å². The summed E-state index contributed by atoms with van der Waals surface area (Å²) in [6.07, 6.45) is 10.0. The van der Waals surface area contributed by atoms with Crippen LogP contribution in [0.1, 0.15) is 22.5 Å². The number of pyridine rings is 1. The summed E-state index contributed by atoms with van der Waals surface area (Å²) in [6, 6.07) is 5.80. The molecule has 0 saturated carbocycles. The molecule has 1 unspecified atom stereocenters. The summed E-state index contributed by atoms with van der Waals surface area (Å²) in [5, 5.41) is 7.30. The molecule has 0 bridgehead atoms. The van der Waals surface area contributed by atoms with Gasteiger partial charge in [-0.2, -0.15) is 5.10 Å². The van der Waals surface area contributed by atoms with E-state index in [1.807, 2.05) is 49.0 Å². The first kappa shape index (κ1) is 18.3. The van der Waals surface area contributed by atoms with Crippen molar-refractivity contribution < 1.29 is 4.79 Å². The van der Waals surface area contributed by atoms with Crippen LogP contribution in [-0.2, 0) is 7.05 Å². The van der Waals surface area contributed by atoms with Crippen molar-refractivity contribution in [2.75, 3.05) is 18.0 Å². The number of hydrogen-bond donors (Lipinski definition) is 1. The number of nitrogens with zero attached hydrogens (tertiary/aromatic N) is 7. The Morgan fingerprint density at radius 1 is 1.17 bits per heavy atom. The van der Waals surface area contributed by atoms with Crippen LogP contribution in [0, 0.1) is 6.92 Å². The van der Waals surface area contributed by atoms with Crippen molar-refractivity contribution in [1.82, 2.24) is 34.4 Å². The highest BCUT2D eigenvalue weighted by atomic mass is 16.2. The molecule has 4 aromatic rings. The molecule has 0 radical (unpaired) electrons. The molecule has 9 heteroatoms. The zero-order valence-corrected chi connectivity index (χ0v) is 16.9. The van der Waals surface area contributed by atoms with Crippen molar-refractivity contribution in [1.29, 1.82) is 0 Å². The van der Waals surface area contributed by atoms with Gasteiger partial charge in [-0.25, -0.2) is 15.0 Å². The van der Waals surface area contributed by atoms with Gasteiger partial charge in [0.1, 0.15) is 11.3 Å². The zero-order valence-electron chi connectivity index (χ0n) is 16.9. The lowest BCUT2D eigenvalue weighted by Gasteiger charge is -2.17. The molecule has 152 valence electrons. The third-order valence-corrected chi connectivity index (χ3v) is 5.28. The minimum absolute atomic E-state index is 0.0229. The molecule has 1 aliphatic rings. The maximum absolute atomic E-state index is 12.7. The van der Waals surface area contributed by atoms with Gasteiger partial charge in [-0.05, 0) is 31.0 Å². The van der Waals surface area contributed by atoms with Gasteiger partial charge in [-0.15, -0.1) is 0 Å². The zero-order chi connectivity index (χ0) is 20.7. The van der Waals surface area contributed by atoms with Gasteiger partial charge in [-0.3, -0.25) is 9.48 Å². The maximum Gasteiger partial charge on any atom is 0.271 e. The quantitative estimate of drug-likeness (QED) is 0.560. The Morgan fingerprint density at radius 3 is 2.90 bits per heavy atom. The Hall–Kier alpha value is -3.75. The Morgan fingerprint density at radius 2 is 2.07 bits per heavy atom. The number of carbonyl (C=O) groups is 1. The SMILES string of the molecule is Cc1ccc2nc(C(=O)NC3CCN(c4nccc(-c5cnn(C)c5)n4)C3)cn2c1. The van der Waals surface area contributed by atoms with E-state index in [1.165, 1.54) is 0 Å². The fourth-order valence-electron chi connectivity index (χ4n) is 3.75. The molecular formula is C21H22N8O. The van der Waals surface area contributed by atoms with Crippen LogP contribution in [0.2, 0.25) is 0 Å². The van der Waals surface area contributed by atoms with Gasteiger partial charge >= 0.3 is 0 Å². The van der Waals surface area contributed by atoms with Gasteiger partial charge in [-0.1, -0.05) is 6.07 Å². The summed E-state index contributed by atoms with van der Waals surface area (Å²) in [6.45, 7) is 3.46. The van der Waals surface area contributed by atoms with E-state index >= 15 is 0 Å². The monoisotopic (exact) mass is 402 g/mol. The number of amides is 1. The first-order chi connectivity index (χ1) is 14.5. The third-order valence-electron chi connectivity index (χ3n) is 5.28. The largest absolute Gasteiger partial charge is 0.346 e. The van der Waals surface area contributed by atoms with Crippen molar-refractivity contribution in [2.24, 2.45) is 7.05 Å². The molecule has 1 amide bonds. The van der Waals surface area contributed by atoms with Gasteiger partial charge in [0.25, 0.3) is 5.91 Å². The number of nitrogens with one attached hydrogen (secondary N) is 1. The van der Waals surface area contributed by atoms with Crippen molar-refractivity contribution in [2.45, 2.75) is 19.4 Å². The second kappa shape index (κ2) is 7.25. The molecule has 4 aromatic heterocycles. The molecule has 0 aliphatic carbocycles. The molecule has 9 nitrogen and oxygen atoms in total. The maximum atomic E-state index is 12.7. The summed E-state index contributed by atoms with van der Waals surface area (Å²) in [4.78, 5) is 28.3. The number of carbonyl (C=O) groups excluding carboxylic acids is 1. The van der Waals surface area contributed by atoms with E-state index in [0.717, 1.165) is 35.4 Å². The molecule has 5 rings (SSSR count). The van der Waals surface area contributed by atoms with Crippen LogP contribution in [-0.4, -0.2) is 54.2 Å². The number of anilines is 1. The number of rotatable bonds is 4. The van der Waals surface area contributed by atoms with Crippen LogP contribution in [0.15, 0.2) is 49.2 Å². The van der Waals surface area contributed by atoms with E-state index in [1.54, 1.807) is 23.3 Å². The number of aromatic nitrogens is 6. The van der Waals surface area contributed by atoms with Crippen LogP contribution in [0.4, 0.5) is 5.95 Å². The lowest BCUT2D eigenvalue weighted by atomic mass is 10.2. The van der Waals surface area contributed by atoms with Gasteiger partial charge in [0, 0.05) is 56.5 Å². The average Bonchev–Trinajstić information content (AvgIpc) is 3.47. The Kier molecular flexibility index (Phi) is 4.42. The molecule has 0 aromatic carbocycles. The minimum Gasteiger partial charge on any atom is -0.346 e. The number of hydrogen-bond acceptors (Lipinski definition) is 6. The Bertz CT molecular complexity index is 1230. The first-order valence-corrected chi connectivity index (χ1v) is 9.88. The summed E-state index contributed by atoms with van der Waals surface area (Å²) >= 11 is 0. The van der Waals surface area contributed by atoms with Gasteiger partial charge in [0.2, 0.25) is 5.95 Å². The fraction of sp³-hybridized carbons (Fsp3) is 0.286. The van der Waals surface area contributed by atoms with Gasteiger partial charge < -0.3 is 14.6 Å². The van der Waals surface area contributed by atoms with Crippen LogP contribution >= 0.6 is 0 Å².